The van der Waals surface area contributed by atoms with Gasteiger partial charge in [0.1, 0.15) is 0 Å². The number of para-hydroxylation sites is 4. The second-order valence-electron chi connectivity index (χ2n) is 14.9. The molecule has 0 heterocycles. The van der Waals surface area contributed by atoms with E-state index in [4.69, 9.17) is 0 Å². The quantitative estimate of drug-likeness (QED) is 0.123. The van der Waals surface area contributed by atoms with Gasteiger partial charge in [0.25, 0.3) is 0 Å². The van der Waals surface area contributed by atoms with Crippen molar-refractivity contribution in [2.45, 2.75) is 13.8 Å². The average Bonchev–Trinajstić information content (AvgIpc) is 3.30. The van der Waals surface area contributed by atoms with Crippen LogP contribution in [0.25, 0.3) is 0 Å². The molecule has 0 radical (unpaired) electrons. The highest BCUT2D eigenvalue weighted by Crippen LogP contribution is 2.43. The first kappa shape index (κ1) is 37.7. The Bertz CT molecular complexity index is 2580. The molecular formula is C56H46N4. The van der Waals surface area contributed by atoms with Crippen LogP contribution in [0.1, 0.15) is 11.1 Å². The molecule has 0 N–H and O–H groups in total. The highest BCUT2D eigenvalue weighted by Gasteiger charge is 2.20. The van der Waals surface area contributed by atoms with Gasteiger partial charge in [0.15, 0.2) is 0 Å². The Hall–Kier alpha value is -7.82. The van der Waals surface area contributed by atoms with Crippen molar-refractivity contribution in [3.05, 3.63) is 254 Å². The van der Waals surface area contributed by atoms with Gasteiger partial charge in [0.05, 0.1) is 0 Å². The third-order valence-corrected chi connectivity index (χ3v) is 10.7. The lowest BCUT2D eigenvalue weighted by atomic mass is 10.1. The molecule has 60 heavy (non-hydrogen) atoms. The van der Waals surface area contributed by atoms with Crippen LogP contribution in [-0.2, 0) is 0 Å². The van der Waals surface area contributed by atoms with Crippen molar-refractivity contribution >= 4 is 68.2 Å². The molecule has 0 aliphatic heterocycles. The molecule has 0 atom stereocenters. The number of aryl methyl sites for hydroxylation is 2. The third-order valence-electron chi connectivity index (χ3n) is 10.7. The van der Waals surface area contributed by atoms with Crippen molar-refractivity contribution in [3.63, 3.8) is 0 Å². The van der Waals surface area contributed by atoms with E-state index in [-0.39, 0.29) is 0 Å². The highest BCUT2D eigenvalue weighted by atomic mass is 15.2. The van der Waals surface area contributed by atoms with E-state index < -0.39 is 0 Å². The summed E-state index contributed by atoms with van der Waals surface area (Å²) in [6.07, 6.45) is 0. The second kappa shape index (κ2) is 17.4. The summed E-state index contributed by atoms with van der Waals surface area (Å²) >= 11 is 0. The van der Waals surface area contributed by atoms with E-state index in [1.165, 1.54) is 11.1 Å². The lowest BCUT2D eigenvalue weighted by Crippen LogP contribution is -2.14. The van der Waals surface area contributed by atoms with Gasteiger partial charge >= 0.3 is 0 Å². The Kier molecular flexibility index (Phi) is 10.9. The minimum absolute atomic E-state index is 1.05. The van der Waals surface area contributed by atoms with Crippen molar-refractivity contribution in [1.82, 2.24) is 0 Å². The molecule has 4 nitrogen and oxygen atoms in total. The Morgan fingerprint density at radius 2 is 0.383 bits per heavy atom. The largest absolute Gasteiger partial charge is 0.310 e. The molecule has 0 saturated carbocycles. The van der Waals surface area contributed by atoms with E-state index in [0.29, 0.717) is 0 Å². The van der Waals surface area contributed by atoms with Gasteiger partial charge in [-0.1, -0.05) is 103 Å². The second-order valence-corrected chi connectivity index (χ2v) is 14.9. The average molecular weight is 775 g/mol. The molecule has 9 rings (SSSR count). The minimum Gasteiger partial charge on any atom is -0.310 e. The first-order valence-electron chi connectivity index (χ1n) is 20.4. The van der Waals surface area contributed by atoms with Gasteiger partial charge in [-0.2, -0.15) is 0 Å². The first-order valence-corrected chi connectivity index (χ1v) is 20.4. The van der Waals surface area contributed by atoms with Crippen molar-refractivity contribution in [2.75, 3.05) is 19.6 Å². The Morgan fingerprint density at radius 1 is 0.183 bits per heavy atom. The van der Waals surface area contributed by atoms with E-state index in [9.17, 15) is 0 Å². The molecule has 0 fully saturated rings. The summed E-state index contributed by atoms with van der Waals surface area (Å²) in [6.45, 7) is 4.28. The van der Waals surface area contributed by atoms with Gasteiger partial charge < -0.3 is 19.6 Å². The van der Waals surface area contributed by atoms with Crippen molar-refractivity contribution < 1.29 is 0 Å². The highest BCUT2D eigenvalue weighted by molar-refractivity contribution is 5.86. The predicted molar refractivity (Wildman–Crippen MR) is 255 cm³/mol. The Balaban J connectivity index is 1.10. The number of nitrogens with zero attached hydrogens (tertiary/aromatic N) is 4. The normalized spacial score (nSPS) is 10.8. The van der Waals surface area contributed by atoms with Gasteiger partial charge in [-0.15, -0.1) is 0 Å². The molecule has 0 bridgehead atoms. The lowest BCUT2D eigenvalue weighted by molar-refractivity contribution is 1.23. The summed E-state index contributed by atoms with van der Waals surface area (Å²) < 4.78 is 0. The molecule has 0 aliphatic rings. The molecule has 0 aliphatic carbocycles. The zero-order valence-corrected chi connectivity index (χ0v) is 33.9. The van der Waals surface area contributed by atoms with Gasteiger partial charge in [-0.25, -0.2) is 0 Å². The van der Waals surface area contributed by atoms with E-state index in [2.05, 4.69) is 276 Å². The fourth-order valence-corrected chi connectivity index (χ4v) is 7.90. The van der Waals surface area contributed by atoms with Crippen LogP contribution in [0.3, 0.4) is 0 Å². The van der Waals surface area contributed by atoms with Crippen LogP contribution in [0.5, 0.6) is 0 Å². The summed E-state index contributed by atoms with van der Waals surface area (Å²) in [6, 6.07) is 86.3. The minimum atomic E-state index is 1.05. The van der Waals surface area contributed by atoms with E-state index >= 15 is 0 Å². The summed E-state index contributed by atoms with van der Waals surface area (Å²) in [7, 11) is 0. The SMILES string of the molecule is Cc1cccc(N(c2ccccc2)c2ccc(N(c3ccccc3)c3cccc(N(c4ccccc4)c4ccc(N(c5ccccc5)c5cccc(C)c5)cc4)c3)cc2)c1. The molecule has 0 amide bonds. The Morgan fingerprint density at radius 3 is 0.633 bits per heavy atom. The lowest BCUT2D eigenvalue weighted by Gasteiger charge is -2.31. The van der Waals surface area contributed by atoms with Crippen LogP contribution in [0.15, 0.2) is 243 Å². The predicted octanol–water partition coefficient (Wildman–Crippen LogP) is 16.2. The molecular weight excluding hydrogens is 729 g/mol. The zero-order chi connectivity index (χ0) is 40.7. The van der Waals surface area contributed by atoms with Crippen molar-refractivity contribution in [1.29, 1.82) is 0 Å². The molecule has 0 saturated heterocycles. The van der Waals surface area contributed by atoms with Crippen LogP contribution in [0, 0.1) is 13.8 Å². The number of anilines is 12. The summed E-state index contributed by atoms with van der Waals surface area (Å²) in [4.78, 5) is 9.29. The zero-order valence-electron chi connectivity index (χ0n) is 33.9. The maximum absolute atomic E-state index is 2.33. The first-order chi connectivity index (χ1) is 29.6. The van der Waals surface area contributed by atoms with Gasteiger partial charge in [-0.3, -0.25) is 0 Å². The van der Waals surface area contributed by atoms with Crippen LogP contribution in [-0.4, -0.2) is 0 Å². The van der Waals surface area contributed by atoms with Crippen molar-refractivity contribution in [3.8, 4) is 0 Å². The smallest absolute Gasteiger partial charge is 0.0482 e. The number of rotatable bonds is 12. The van der Waals surface area contributed by atoms with Crippen LogP contribution in [0.4, 0.5) is 68.2 Å². The van der Waals surface area contributed by atoms with Gasteiger partial charge in [-0.05, 0) is 165 Å². The van der Waals surface area contributed by atoms with E-state index in [0.717, 1.165) is 68.2 Å². The summed E-state index contributed by atoms with van der Waals surface area (Å²) in [5, 5.41) is 0. The van der Waals surface area contributed by atoms with Crippen molar-refractivity contribution in [2.24, 2.45) is 0 Å². The van der Waals surface area contributed by atoms with E-state index in [1.54, 1.807) is 0 Å². The fourth-order valence-electron chi connectivity index (χ4n) is 7.90. The monoisotopic (exact) mass is 774 g/mol. The van der Waals surface area contributed by atoms with Crippen LogP contribution < -0.4 is 19.6 Å². The number of hydrogen-bond donors (Lipinski definition) is 0. The molecule has 4 heteroatoms. The maximum atomic E-state index is 2.33. The molecule has 0 unspecified atom stereocenters. The maximum Gasteiger partial charge on any atom is 0.0482 e. The number of benzene rings is 9. The molecule has 0 aromatic heterocycles. The Labute approximate surface area is 354 Å². The number of hydrogen-bond acceptors (Lipinski definition) is 4. The topological polar surface area (TPSA) is 13.0 Å². The third kappa shape index (κ3) is 8.13. The van der Waals surface area contributed by atoms with Crippen LogP contribution in [0.2, 0.25) is 0 Å². The standard InChI is InChI=1S/C56H46N4/c1-43-18-15-28-53(40-43)57(45-20-7-3-8-21-45)49-32-36-51(37-33-49)59(47-24-11-5-12-25-47)55-30-17-31-56(42-55)60(48-26-13-6-14-27-48)52-38-34-50(35-39-52)58(46-22-9-4-10-23-46)54-29-16-19-44(2)41-54/h3-42H,1-2H3. The fraction of sp³-hybridized carbons (Fsp3) is 0.0357. The molecule has 9 aromatic carbocycles. The summed E-state index contributed by atoms with van der Waals surface area (Å²) in [5.41, 5.74) is 15.5. The molecule has 0 spiro atoms. The van der Waals surface area contributed by atoms with Crippen LogP contribution >= 0.6 is 0 Å². The van der Waals surface area contributed by atoms with E-state index in [1.807, 2.05) is 0 Å². The molecule has 9 aromatic rings. The summed E-state index contributed by atoms with van der Waals surface area (Å²) in [5.74, 6) is 0. The molecule has 290 valence electrons. The van der Waals surface area contributed by atoms with Gasteiger partial charge in [0.2, 0.25) is 0 Å². The van der Waals surface area contributed by atoms with Gasteiger partial charge in [0, 0.05) is 68.2 Å².